The highest BCUT2D eigenvalue weighted by Gasteiger charge is 2.35. The molecule has 6 heteroatoms. The molecule has 4 rings (SSSR count). The first kappa shape index (κ1) is 17.7. The lowest BCUT2D eigenvalue weighted by Gasteiger charge is -2.22. The molecule has 2 aliphatic rings. The summed E-state index contributed by atoms with van der Waals surface area (Å²) in [5.41, 5.74) is 3.94. The van der Waals surface area contributed by atoms with Crippen LogP contribution in [0.3, 0.4) is 0 Å². The maximum absolute atomic E-state index is 9.88. The van der Waals surface area contributed by atoms with Gasteiger partial charge in [-0.1, -0.05) is 19.3 Å². The summed E-state index contributed by atoms with van der Waals surface area (Å²) in [5.74, 6) is 1.28. The molecule has 0 unspecified atom stereocenters. The molecule has 2 aromatic heterocycles. The van der Waals surface area contributed by atoms with Crippen molar-refractivity contribution in [2.75, 3.05) is 19.7 Å². The van der Waals surface area contributed by atoms with Crippen molar-refractivity contribution in [2.45, 2.75) is 50.5 Å². The molecule has 2 fully saturated rings. The molecular formula is C20H31N5O. The Kier molecular flexibility index (Phi) is 5.14. The molecule has 142 valence electrons. The van der Waals surface area contributed by atoms with E-state index in [9.17, 15) is 5.11 Å². The normalized spacial score (nSPS) is 25.2. The maximum atomic E-state index is 9.88. The first-order valence-corrected chi connectivity index (χ1v) is 9.98. The van der Waals surface area contributed by atoms with Crippen LogP contribution in [0.15, 0.2) is 18.6 Å². The van der Waals surface area contributed by atoms with E-state index in [0.29, 0.717) is 11.8 Å². The minimum absolute atomic E-state index is 0.235. The first-order valence-electron chi connectivity index (χ1n) is 9.98. The molecule has 1 aliphatic heterocycles. The van der Waals surface area contributed by atoms with Crippen molar-refractivity contribution in [3.8, 4) is 0 Å². The second kappa shape index (κ2) is 7.53. The van der Waals surface area contributed by atoms with Gasteiger partial charge < -0.3 is 5.11 Å². The molecule has 2 aromatic rings. The minimum atomic E-state index is 0.235. The summed E-state index contributed by atoms with van der Waals surface area (Å²) in [4.78, 5) is 2.49. The summed E-state index contributed by atoms with van der Waals surface area (Å²) in [5, 5.41) is 19.0. The third-order valence-corrected chi connectivity index (χ3v) is 6.23. The molecule has 0 radical (unpaired) electrons. The highest BCUT2D eigenvalue weighted by atomic mass is 16.3. The summed E-state index contributed by atoms with van der Waals surface area (Å²) in [6.07, 6.45) is 12.8. The van der Waals surface area contributed by atoms with Crippen LogP contribution in [0.4, 0.5) is 0 Å². The van der Waals surface area contributed by atoms with E-state index in [4.69, 9.17) is 5.10 Å². The van der Waals surface area contributed by atoms with Crippen molar-refractivity contribution in [1.82, 2.24) is 24.5 Å². The number of hydrogen-bond acceptors (Lipinski definition) is 4. The van der Waals surface area contributed by atoms with Crippen molar-refractivity contribution in [1.29, 1.82) is 0 Å². The van der Waals surface area contributed by atoms with Crippen LogP contribution in [-0.2, 0) is 20.6 Å². The van der Waals surface area contributed by atoms with Gasteiger partial charge in [-0.15, -0.1) is 0 Å². The number of rotatable bonds is 5. The summed E-state index contributed by atoms with van der Waals surface area (Å²) in [6, 6.07) is 0. The number of aromatic nitrogens is 4. The Hall–Kier alpha value is -1.66. The zero-order chi connectivity index (χ0) is 18.1. The van der Waals surface area contributed by atoms with Gasteiger partial charge >= 0.3 is 0 Å². The number of likely N-dealkylation sites (tertiary alicyclic amines) is 1. The van der Waals surface area contributed by atoms with E-state index in [-0.39, 0.29) is 12.5 Å². The third kappa shape index (κ3) is 3.58. The highest BCUT2D eigenvalue weighted by molar-refractivity contribution is 5.23. The molecule has 6 nitrogen and oxygen atoms in total. The van der Waals surface area contributed by atoms with Gasteiger partial charge in [0, 0.05) is 76.0 Å². The smallest absolute Gasteiger partial charge is 0.0700 e. The van der Waals surface area contributed by atoms with Crippen LogP contribution in [-0.4, -0.2) is 49.3 Å². The monoisotopic (exact) mass is 357 g/mol. The van der Waals surface area contributed by atoms with E-state index in [0.717, 1.165) is 19.6 Å². The molecule has 0 amide bonds. The Bertz CT molecular complexity index is 730. The van der Waals surface area contributed by atoms with Crippen molar-refractivity contribution in [3.63, 3.8) is 0 Å². The average molecular weight is 358 g/mol. The fraction of sp³-hybridized carbons (Fsp3) is 0.700. The Morgan fingerprint density at radius 1 is 1.08 bits per heavy atom. The van der Waals surface area contributed by atoms with Crippen LogP contribution in [0, 0.1) is 5.92 Å². The number of nitrogens with zero attached hydrogens (tertiary/aromatic N) is 5. The molecule has 0 aromatic carbocycles. The van der Waals surface area contributed by atoms with Crippen molar-refractivity contribution < 1.29 is 5.11 Å². The van der Waals surface area contributed by atoms with E-state index >= 15 is 0 Å². The predicted molar refractivity (Wildman–Crippen MR) is 101 cm³/mol. The number of aliphatic hydroxyl groups excluding tert-OH is 1. The van der Waals surface area contributed by atoms with Crippen LogP contribution in [0.1, 0.15) is 60.8 Å². The molecule has 1 N–H and O–H groups in total. The number of aryl methyl sites for hydroxylation is 2. The zero-order valence-electron chi connectivity index (χ0n) is 16.0. The van der Waals surface area contributed by atoms with E-state index in [1.54, 1.807) is 0 Å². The predicted octanol–water partition coefficient (Wildman–Crippen LogP) is 2.41. The van der Waals surface area contributed by atoms with E-state index in [1.807, 2.05) is 29.7 Å². The molecule has 1 saturated heterocycles. The molecule has 2 atom stereocenters. The minimum Gasteiger partial charge on any atom is -0.396 e. The molecule has 26 heavy (non-hydrogen) atoms. The van der Waals surface area contributed by atoms with E-state index in [2.05, 4.69) is 22.4 Å². The molecule has 1 saturated carbocycles. The molecular weight excluding hydrogens is 326 g/mol. The number of aliphatic hydroxyl groups is 1. The fourth-order valence-corrected chi connectivity index (χ4v) is 4.92. The van der Waals surface area contributed by atoms with Gasteiger partial charge in [0.15, 0.2) is 0 Å². The van der Waals surface area contributed by atoms with Crippen LogP contribution in [0.5, 0.6) is 0 Å². The van der Waals surface area contributed by atoms with E-state index in [1.165, 1.54) is 48.9 Å². The van der Waals surface area contributed by atoms with Gasteiger partial charge in [0.25, 0.3) is 0 Å². The molecule has 3 heterocycles. The first-order chi connectivity index (χ1) is 12.6. The second-order valence-electron chi connectivity index (χ2n) is 8.24. The summed E-state index contributed by atoms with van der Waals surface area (Å²) >= 11 is 0. The molecule has 1 aliphatic carbocycles. The van der Waals surface area contributed by atoms with Crippen molar-refractivity contribution in [2.24, 2.45) is 20.0 Å². The van der Waals surface area contributed by atoms with Gasteiger partial charge in [-0.05, 0) is 18.4 Å². The lowest BCUT2D eigenvalue weighted by molar-refractivity contribution is 0.213. The lowest BCUT2D eigenvalue weighted by Crippen LogP contribution is -2.22. The quantitative estimate of drug-likeness (QED) is 0.893. The second-order valence-corrected chi connectivity index (χ2v) is 8.24. The lowest BCUT2D eigenvalue weighted by atomic mass is 9.85. The SMILES string of the molecule is Cn1cc([C@@H]2CN(Cc3cn(C)nc3C3CCCCC3)C[C@H]2CO)cn1. The van der Waals surface area contributed by atoms with Crippen molar-refractivity contribution in [3.05, 3.63) is 35.4 Å². The topological polar surface area (TPSA) is 59.1 Å². The van der Waals surface area contributed by atoms with E-state index < -0.39 is 0 Å². The summed E-state index contributed by atoms with van der Waals surface area (Å²) < 4.78 is 3.84. The van der Waals surface area contributed by atoms with Crippen LogP contribution in [0.25, 0.3) is 0 Å². The Morgan fingerprint density at radius 2 is 1.88 bits per heavy atom. The Labute approximate surface area is 155 Å². The van der Waals surface area contributed by atoms with Gasteiger partial charge in [0.2, 0.25) is 0 Å². The fourth-order valence-electron chi connectivity index (χ4n) is 4.92. The van der Waals surface area contributed by atoms with Gasteiger partial charge in [0.05, 0.1) is 11.9 Å². The van der Waals surface area contributed by atoms with Gasteiger partial charge in [-0.2, -0.15) is 10.2 Å². The van der Waals surface area contributed by atoms with Crippen LogP contribution >= 0.6 is 0 Å². The highest BCUT2D eigenvalue weighted by Crippen LogP contribution is 2.36. The molecule has 0 spiro atoms. The van der Waals surface area contributed by atoms with Gasteiger partial charge in [-0.3, -0.25) is 14.3 Å². The molecule has 0 bridgehead atoms. The van der Waals surface area contributed by atoms with Crippen LogP contribution < -0.4 is 0 Å². The largest absolute Gasteiger partial charge is 0.396 e. The van der Waals surface area contributed by atoms with Gasteiger partial charge in [0.1, 0.15) is 0 Å². The Balaban J connectivity index is 1.49. The average Bonchev–Trinajstić information content (AvgIpc) is 3.34. The number of hydrogen-bond donors (Lipinski definition) is 1. The maximum Gasteiger partial charge on any atom is 0.0700 e. The summed E-state index contributed by atoms with van der Waals surface area (Å²) in [6.45, 7) is 3.09. The van der Waals surface area contributed by atoms with Gasteiger partial charge in [-0.25, -0.2) is 0 Å². The van der Waals surface area contributed by atoms with Crippen LogP contribution in [0.2, 0.25) is 0 Å². The zero-order valence-corrected chi connectivity index (χ0v) is 16.0. The third-order valence-electron chi connectivity index (χ3n) is 6.23. The summed E-state index contributed by atoms with van der Waals surface area (Å²) in [7, 11) is 3.99. The Morgan fingerprint density at radius 3 is 2.58 bits per heavy atom. The van der Waals surface area contributed by atoms with Crippen molar-refractivity contribution >= 4 is 0 Å². The standard InChI is InChI=1S/C20H31N5O/c1-23-9-16(8-21-23)19-13-25(12-18(19)14-26)11-17-10-24(2)22-20(17)15-6-4-3-5-7-15/h8-10,15,18-19,26H,3-7,11-14H2,1-2H3/t18-,19-/m0/s1.